The molecule has 0 radical (unpaired) electrons. The normalized spacial score (nSPS) is 15.2. The van der Waals surface area contributed by atoms with Crippen molar-refractivity contribution in [3.8, 4) is 0 Å². The van der Waals surface area contributed by atoms with Gasteiger partial charge in [-0.25, -0.2) is 0 Å². The summed E-state index contributed by atoms with van der Waals surface area (Å²) in [6.07, 6.45) is 10.7. The van der Waals surface area contributed by atoms with Gasteiger partial charge in [0.15, 0.2) is 17.3 Å². The van der Waals surface area contributed by atoms with Crippen LogP contribution in [-0.4, -0.2) is 17.3 Å². The third-order valence-electron chi connectivity index (χ3n) is 7.23. The highest BCUT2D eigenvalue weighted by Gasteiger charge is 2.33. The van der Waals surface area contributed by atoms with Gasteiger partial charge in [0.2, 0.25) is 0 Å². The number of carbonyl (C=O) groups excluding carboxylic acids is 3. The lowest BCUT2D eigenvalue weighted by Crippen LogP contribution is -1.99. The first-order valence-electron chi connectivity index (χ1n) is 12.5. The molecule has 4 aromatic rings. The van der Waals surface area contributed by atoms with Crippen LogP contribution >= 0.6 is 0 Å². The van der Waals surface area contributed by atoms with Crippen molar-refractivity contribution >= 4 is 44.5 Å². The maximum absolute atomic E-state index is 13.0. The summed E-state index contributed by atoms with van der Waals surface area (Å²) < 4.78 is 0. The maximum Gasteiger partial charge on any atom is 0.197 e. The van der Waals surface area contributed by atoms with Crippen LogP contribution in [0.4, 0.5) is 0 Å². The van der Waals surface area contributed by atoms with Gasteiger partial charge in [0, 0.05) is 22.3 Å². The highest BCUT2D eigenvalue weighted by Crippen LogP contribution is 2.36. The smallest absolute Gasteiger partial charge is 0.197 e. The molecule has 0 spiro atoms. The molecular weight excluding hydrogens is 456 g/mol. The summed E-state index contributed by atoms with van der Waals surface area (Å²) in [6.45, 7) is 2.00. The minimum Gasteiger partial charge on any atom is -0.289 e. The van der Waals surface area contributed by atoms with Gasteiger partial charge in [-0.3, -0.25) is 14.4 Å². The molecule has 0 amide bonds. The highest BCUT2D eigenvalue weighted by molar-refractivity contribution is 6.40. The van der Waals surface area contributed by atoms with Gasteiger partial charge < -0.3 is 0 Å². The van der Waals surface area contributed by atoms with Crippen molar-refractivity contribution in [3.63, 3.8) is 0 Å². The van der Waals surface area contributed by atoms with E-state index in [0.29, 0.717) is 11.1 Å². The quantitative estimate of drug-likeness (QED) is 0.166. The van der Waals surface area contributed by atoms with E-state index in [1.807, 2.05) is 85.8 Å². The number of fused-ring (bicyclic) bond motifs is 4. The summed E-state index contributed by atoms with van der Waals surface area (Å²) in [7, 11) is 0. The Hall–Kier alpha value is -4.63. The zero-order chi connectivity index (χ0) is 25.5. The molecule has 0 aliphatic heterocycles. The zero-order valence-electron chi connectivity index (χ0n) is 20.5. The lowest BCUT2D eigenvalue weighted by molar-refractivity contribution is 0.0986. The predicted octanol–water partition coefficient (Wildman–Crippen LogP) is 7.86. The summed E-state index contributed by atoms with van der Waals surface area (Å²) in [5.74, 6) is -0.366. The molecule has 2 aliphatic carbocycles. The van der Waals surface area contributed by atoms with Crippen LogP contribution in [0.2, 0.25) is 0 Å². The van der Waals surface area contributed by atoms with E-state index in [4.69, 9.17) is 0 Å². The summed E-state index contributed by atoms with van der Waals surface area (Å²) in [5, 5.41) is 4.11. The predicted molar refractivity (Wildman–Crippen MR) is 149 cm³/mol. The van der Waals surface area contributed by atoms with Crippen LogP contribution in [0.1, 0.15) is 56.4 Å². The van der Waals surface area contributed by atoms with E-state index in [9.17, 15) is 14.4 Å². The van der Waals surface area contributed by atoms with Crippen LogP contribution in [0, 0.1) is 0 Å². The first-order valence-corrected chi connectivity index (χ1v) is 12.5. The van der Waals surface area contributed by atoms with Crippen LogP contribution in [0.5, 0.6) is 0 Å². The minimum atomic E-state index is -0.218. The second kappa shape index (κ2) is 9.11. The molecule has 0 saturated carbocycles. The maximum atomic E-state index is 13.0. The number of Topliss-reactive ketones (excluding diaryl/α,β-unsaturated/α-hetero) is 3. The average molecular weight is 481 g/mol. The van der Waals surface area contributed by atoms with Gasteiger partial charge in [0.25, 0.3) is 0 Å². The van der Waals surface area contributed by atoms with E-state index in [-0.39, 0.29) is 22.9 Å². The second-order valence-corrected chi connectivity index (χ2v) is 9.50. The van der Waals surface area contributed by atoms with Crippen molar-refractivity contribution in [3.05, 3.63) is 137 Å². The van der Waals surface area contributed by atoms with Crippen LogP contribution in [0.25, 0.3) is 27.1 Å². The van der Waals surface area contributed by atoms with Crippen molar-refractivity contribution in [2.45, 2.75) is 19.8 Å². The van der Waals surface area contributed by atoms with Crippen LogP contribution < -0.4 is 0 Å². The third kappa shape index (κ3) is 3.89. The molecule has 0 saturated heterocycles. The minimum absolute atomic E-state index is 0.0697. The number of allylic oxidation sites excluding steroid dienone is 8. The van der Waals surface area contributed by atoms with E-state index in [0.717, 1.165) is 56.7 Å². The van der Waals surface area contributed by atoms with Crippen molar-refractivity contribution < 1.29 is 14.4 Å². The van der Waals surface area contributed by atoms with Crippen molar-refractivity contribution in [2.75, 3.05) is 0 Å². The van der Waals surface area contributed by atoms with E-state index >= 15 is 0 Å². The number of hydrogen-bond acceptors (Lipinski definition) is 3. The van der Waals surface area contributed by atoms with Crippen molar-refractivity contribution in [1.29, 1.82) is 0 Å². The standard InChI is InChI=1S/C34H24O3/c1-21-26(32(35)29-18-23-12-8-7-11-22(23)17-28(21)29)15-5-3-2-4-6-16-27-33(36)30-19-24-13-9-10-14-25(24)20-31(30)34(27)37/h4-20H,2-3H2,1H3/b6-4+,15-5+. The Labute approximate surface area is 215 Å². The monoisotopic (exact) mass is 480 g/mol. The number of benzene rings is 4. The lowest BCUT2D eigenvalue weighted by Gasteiger charge is -2.03. The molecule has 3 nitrogen and oxygen atoms in total. The zero-order valence-corrected chi connectivity index (χ0v) is 20.5. The number of unbranched alkanes of at least 4 members (excludes halogenated alkanes) is 1. The molecule has 178 valence electrons. The summed E-state index contributed by atoms with van der Waals surface area (Å²) >= 11 is 0. The Kier molecular flexibility index (Phi) is 5.61. The molecule has 0 heterocycles. The molecule has 0 N–H and O–H groups in total. The van der Waals surface area contributed by atoms with Gasteiger partial charge in [-0.2, -0.15) is 0 Å². The molecule has 0 bridgehead atoms. The van der Waals surface area contributed by atoms with E-state index < -0.39 is 0 Å². The Bertz CT molecular complexity index is 1720. The van der Waals surface area contributed by atoms with E-state index in [2.05, 4.69) is 12.1 Å². The fourth-order valence-corrected chi connectivity index (χ4v) is 5.21. The first-order chi connectivity index (χ1) is 18.0. The molecule has 0 aromatic heterocycles. The Balaban J connectivity index is 1.12. The van der Waals surface area contributed by atoms with Gasteiger partial charge in [-0.15, -0.1) is 0 Å². The molecule has 0 atom stereocenters. The molecule has 3 heteroatoms. The SMILES string of the molecule is CC1=C(/C=C/CC/C=C/C=C2C(=O)c3cc4ccccc4cc3C2=O)C(=O)c2cc3ccccc3cc21. The van der Waals surface area contributed by atoms with Crippen LogP contribution in [0.3, 0.4) is 0 Å². The average Bonchev–Trinajstić information content (AvgIpc) is 3.29. The Morgan fingerprint density at radius 2 is 1.05 bits per heavy atom. The van der Waals surface area contributed by atoms with E-state index in [1.165, 1.54) is 0 Å². The molecule has 6 rings (SSSR count). The number of ketones is 3. The fourth-order valence-electron chi connectivity index (χ4n) is 5.21. The van der Waals surface area contributed by atoms with Gasteiger partial charge in [0.05, 0.1) is 5.57 Å². The molecule has 37 heavy (non-hydrogen) atoms. The largest absolute Gasteiger partial charge is 0.289 e. The first kappa shape index (κ1) is 22.8. The summed E-state index contributed by atoms with van der Waals surface area (Å²) in [6, 6.07) is 23.5. The number of rotatable bonds is 5. The van der Waals surface area contributed by atoms with Gasteiger partial charge >= 0.3 is 0 Å². The molecular formula is C34H24O3. The van der Waals surface area contributed by atoms with Crippen molar-refractivity contribution in [2.24, 2.45) is 0 Å². The van der Waals surface area contributed by atoms with Crippen LogP contribution in [-0.2, 0) is 0 Å². The molecule has 0 unspecified atom stereocenters. The summed E-state index contributed by atoms with van der Waals surface area (Å²) in [5.41, 5.74) is 4.68. The highest BCUT2D eigenvalue weighted by atomic mass is 16.2. The molecule has 0 fully saturated rings. The second-order valence-electron chi connectivity index (χ2n) is 9.50. The topological polar surface area (TPSA) is 51.2 Å². The van der Waals surface area contributed by atoms with Gasteiger partial charge in [0.1, 0.15) is 0 Å². The lowest BCUT2D eigenvalue weighted by atomic mass is 10.0. The fraction of sp³-hybridized carbons (Fsp3) is 0.0882. The van der Waals surface area contributed by atoms with Gasteiger partial charge in [-0.05, 0) is 82.8 Å². The summed E-state index contributed by atoms with van der Waals surface area (Å²) in [4.78, 5) is 38.7. The number of hydrogen-bond donors (Lipinski definition) is 0. The van der Waals surface area contributed by atoms with E-state index in [1.54, 1.807) is 12.2 Å². The Morgan fingerprint density at radius 1 is 0.595 bits per heavy atom. The van der Waals surface area contributed by atoms with Crippen LogP contribution in [0.15, 0.2) is 114 Å². The third-order valence-corrected chi connectivity index (χ3v) is 7.23. The Morgan fingerprint density at radius 3 is 1.59 bits per heavy atom. The number of carbonyl (C=O) groups is 3. The van der Waals surface area contributed by atoms with Gasteiger partial charge in [-0.1, -0.05) is 72.8 Å². The molecule has 2 aliphatic rings. The van der Waals surface area contributed by atoms with Crippen molar-refractivity contribution in [1.82, 2.24) is 0 Å². The molecule has 4 aromatic carbocycles.